The van der Waals surface area contributed by atoms with Gasteiger partial charge in [-0.05, 0) is 53.5 Å². The fourth-order valence-corrected chi connectivity index (χ4v) is 7.63. The molecule has 1 unspecified atom stereocenters. The molecular weight excluding hydrogens is 508 g/mol. The van der Waals surface area contributed by atoms with Crippen LogP contribution < -0.4 is 0 Å². The van der Waals surface area contributed by atoms with E-state index in [2.05, 4.69) is 4.90 Å². The Kier molecular flexibility index (Phi) is 6.75. The van der Waals surface area contributed by atoms with Gasteiger partial charge in [-0.3, -0.25) is 4.90 Å². The highest BCUT2D eigenvalue weighted by Gasteiger charge is 2.71. The number of rotatable bonds is 5. The highest BCUT2D eigenvalue weighted by atomic mass is 32.2. The molecule has 36 heavy (non-hydrogen) atoms. The number of hydrogen-bond acceptors (Lipinski definition) is 4. The molecule has 2 aliphatic rings. The molecule has 2 fully saturated rings. The fourth-order valence-electron chi connectivity index (χ4n) is 5.42. The van der Waals surface area contributed by atoms with Crippen molar-refractivity contribution in [3.05, 3.63) is 59.2 Å². The topological polar surface area (TPSA) is 57.6 Å². The largest absolute Gasteiger partial charge is 0.430 e. The van der Waals surface area contributed by atoms with Gasteiger partial charge in [-0.2, -0.15) is 26.3 Å². The molecule has 0 saturated carbocycles. The Balaban J connectivity index is 1.54. The van der Waals surface area contributed by atoms with E-state index < -0.39 is 33.4 Å². The third-order valence-electron chi connectivity index (χ3n) is 7.38. The summed E-state index contributed by atoms with van der Waals surface area (Å²) < 4.78 is 103. The minimum Gasteiger partial charge on any atom is -0.369 e. The van der Waals surface area contributed by atoms with Crippen LogP contribution in [-0.2, 0) is 28.4 Å². The van der Waals surface area contributed by atoms with Gasteiger partial charge in [0, 0.05) is 18.7 Å². The number of nitrogens with zero attached hydrogens (tertiary/aromatic N) is 1. The van der Waals surface area contributed by atoms with Crippen LogP contribution >= 0.6 is 0 Å². The summed E-state index contributed by atoms with van der Waals surface area (Å²) in [4.78, 5) is 2.22. The van der Waals surface area contributed by atoms with Gasteiger partial charge in [-0.15, -0.1) is 0 Å². The molecule has 2 heterocycles. The number of benzene rings is 2. The summed E-state index contributed by atoms with van der Waals surface area (Å²) in [7, 11) is -2.98. The van der Waals surface area contributed by atoms with E-state index in [1.54, 1.807) is 6.07 Å². The second-order valence-electron chi connectivity index (χ2n) is 9.93. The van der Waals surface area contributed by atoms with Gasteiger partial charge in [0.2, 0.25) is 0 Å². The zero-order chi connectivity index (χ0) is 26.6. The average molecular weight is 536 g/mol. The lowest BCUT2D eigenvalue weighted by Crippen LogP contribution is -2.53. The van der Waals surface area contributed by atoms with Crippen LogP contribution in [0.25, 0.3) is 11.1 Å². The van der Waals surface area contributed by atoms with Crippen LogP contribution in [0.4, 0.5) is 26.3 Å². The van der Waals surface area contributed by atoms with Crippen molar-refractivity contribution >= 4 is 9.84 Å². The lowest BCUT2D eigenvalue weighted by molar-refractivity contribution is -0.376. The van der Waals surface area contributed by atoms with Gasteiger partial charge in [0.05, 0.1) is 11.5 Å². The van der Waals surface area contributed by atoms with Gasteiger partial charge in [0.15, 0.2) is 9.84 Å². The Morgan fingerprint density at radius 1 is 0.972 bits per heavy atom. The molecular formula is C25H27F6NO3S. The van der Waals surface area contributed by atoms with Crippen LogP contribution in [-0.4, -0.2) is 55.4 Å². The van der Waals surface area contributed by atoms with E-state index in [0.717, 1.165) is 36.2 Å². The molecule has 0 amide bonds. The molecule has 1 spiro atoms. The number of hydrogen-bond donors (Lipinski definition) is 1. The molecule has 11 heteroatoms. The molecule has 0 aromatic heterocycles. The van der Waals surface area contributed by atoms with Crippen molar-refractivity contribution in [2.75, 3.05) is 24.6 Å². The third-order valence-corrected chi connectivity index (χ3v) is 9.26. The molecule has 0 aliphatic carbocycles. The molecule has 2 aliphatic heterocycles. The lowest BCUT2D eigenvalue weighted by Gasteiger charge is -2.32. The van der Waals surface area contributed by atoms with Crippen molar-refractivity contribution in [1.29, 1.82) is 0 Å². The number of likely N-dealkylation sites (tertiary alicyclic amines) is 1. The second kappa shape index (κ2) is 9.02. The van der Waals surface area contributed by atoms with E-state index in [9.17, 15) is 39.9 Å². The number of sulfone groups is 1. The van der Waals surface area contributed by atoms with E-state index in [-0.39, 0.29) is 16.9 Å². The Morgan fingerprint density at radius 3 is 2.14 bits per heavy atom. The van der Waals surface area contributed by atoms with Crippen LogP contribution in [0.2, 0.25) is 0 Å². The molecule has 0 bridgehead atoms. The lowest BCUT2D eigenvalue weighted by atomic mass is 9.87. The molecule has 2 aromatic rings. The highest BCUT2D eigenvalue weighted by Crippen LogP contribution is 2.50. The molecule has 2 aromatic carbocycles. The van der Waals surface area contributed by atoms with Gasteiger partial charge >= 0.3 is 12.4 Å². The summed E-state index contributed by atoms with van der Waals surface area (Å²) >= 11 is 0. The van der Waals surface area contributed by atoms with E-state index in [0.29, 0.717) is 49.2 Å². The first-order chi connectivity index (χ1) is 16.6. The fraction of sp³-hybridized carbons (Fsp3) is 0.520. The first-order valence-electron chi connectivity index (χ1n) is 11.6. The SMILES string of the molecule is CCc1cc(CN2CCC3(CCS(=O)(=O)C3)C2)ccc1-c1ccc(C(O)(C(F)(F)F)C(F)(F)F)cc1. The van der Waals surface area contributed by atoms with E-state index in [1.807, 2.05) is 19.1 Å². The number of aliphatic hydroxyl groups is 1. The van der Waals surface area contributed by atoms with Gasteiger partial charge < -0.3 is 5.11 Å². The molecule has 4 nitrogen and oxygen atoms in total. The normalized spacial score (nSPS) is 23.0. The molecule has 1 N–H and O–H groups in total. The highest BCUT2D eigenvalue weighted by molar-refractivity contribution is 7.91. The van der Waals surface area contributed by atoms with Crippen molar-refractivity contribution in [3.8, 4) is 11.1 Å². The minimum absolute atomic E-state index is 0.178. The average Bonchev–Trinajstić information content (AvgIpc) is 3.32. The first kappa shape index (κ1) is 26.9. The second-order valence-corrected chi connectivity index (χ2v) is 12.1. The molecule has 0 radical (unpaired) electrons. The van der Waals surface area contributed by atoms with Crippen LogP contribution in [0.3, 0.4) is 0 Å². The quantitative estimate of drug-likeness (QED) is 0.533. The van der Waals surface area contributed by atoms with Crippen molar-refractivity contribution < 1.29 is 39.9 Å². The van der Waals surface area contributed by atoms with Crippen molar-refractivity contribution in [3.63, 3.8) is 0 Å². The standard InChI is InChI=1S/C25H27F6NO3S/c1-2-18-13-17(14-32-11-9-22(15-32)10-12-36(34,35)16-22)3-8-21(18)19-4-6-20(7-5-19)23(33,24(26,27)28)25(29,30)31/h3-8,13,33H,2,9-12,14-16H2,1H3. The monoisotopic (exact) mass is 535 g/mol. The minimum atomic E-state index is -5.93. The summed E-state index contributed by atoms with van der Waals surface area (Å²) in [6, 6.07) is 9.22. The smallest absolute Gasteiger partial charge is 0.369 e. The van der Waals surface area contributed by atoms with Crippen LogP contribution in [0, 0.1) is 5.41 Å². The third kappa shape index (κ3) is 4.89. The Hall–Kier alpha value is -2.11. The van der Waals surface area contributed by atoms with Gasteiger partial charge in [-0.25, -0.2) is 8.42 Å². The number of halogens is 6. The maximum Gasteiger partial charge on any atom is 0.430 e. The van der Waals surface area contributed by atoms with Gasteiger partial charge in [0.1, 0.15) is 0 Å². The number of alkyl halides is 6. The predicted octanol–water partition coefficient (Wildman–Crippen LogP) is 5.24. The van der Waals surface area contributed by atoms with E-state index in [4.69, 9.17) is 0 Å². The van der Waals surface area contributed by atoms with E-state index >= 15 is 0 Å². The van der Waals surface area contributed by atoms with E-state index in [1.165, 1.54) is 0 Å². The van der Waals surface area contributed by atoms with Gasteiger partial charge in [-0.1, -0.05) is 49.4 Å². The van der Waals surface area contributed by atoms with Gasteiger partial charge in [0.25, 0.3) is 5.60 Å². The van der Waals surface area contributed by atoms with Crippen LogP contribution in [0.1, 0.15) is 36.5 Å². The predicted molar refractivity (Wildman–Crippen MR) is 123 cm³/mol. The summed E-state index contributed by atoms with van der Waals surface area (Å²) in [5, 5.41) is 9.61. The Morgan fingerprint density at radius 2 is 1.61 bits per heavy atom. The zero-order valence-corrected chi connectivity index (χ0v) is 20.4. The maximum absolute atomic E-state index is 13.2. The molecule has 1 atom stereocenters. The first-order valence-corrected chi connectivity index (χ1v) is 13.4. The zero-order valence-electron chi connectivity index (χ0n) is 19.6. The Labute approximate surface area is 205 Å². The van der Waals surface area contributed by atoms with Crippen molar-refractivity contribution in [2.45, 2.75) is 50.7 Å². The number of aryl methyl sites for hydroxylation is 1. The van der Waals surface area contributed by atoms with Crippen LogP contribution in [0.5, 0.6) is 0 Å². The summed E-state index contributed by atoms with van der Waals surface area (Å²) in [6.07, 6.45) is -9.76. The maximum atomic E-state index is 13.2. The Bertz CT molecular complexity index is 1210. The summed E-state index contributed by atoms with van der Waals surface area (Å²) in [6.45, 7) is 4.02. The summed E-state index contributed by atoms with van der Waals surface area (Å²) in [5.41, 5.74) is -3.45. The molecule has 4 rings (SSSR count). The molecule has 2 saturated heterocycles. The van der Waals surface area contributed by atoms with Crippen molar-refractivity contribution in [1.82, 2.24) is 4.90 Å². The van der Waals surface area contributed by atoms with Crippen LogP contribution in [0.15, 0.2) is 42.5 Å². The summed E-state index contributed by atoms with van der Waals surface area (Å²) in [5.74, 6) is 0.459. The molecule has 198 valence electrons. The van der Waals surface area contributed by atoms with Crippen molar-refractivity contribution in [2.24, 2.45) is 5.41 Å².